The van der Waals surface area contributed by atoms with Crippen LogP contribution in [0.25, 0.3) is 10.9 Å². The third kappa shape index (κ3) is 2.26. The average Bonchev–Trinajstić information content (AvgIpc) is 2.33. The van der Waals surface area contributed by atoms with E-state index in [9.17, 15) is 13.2 Å². The minimum Gasteiger partial charge on any atom is -0.264 e. The van der Waals surface area contributed by atoms with E-state index in [1.54, 1.807) is 18.2 Å². The summed E-state index contributed by atoms with van der Waals surface area (Å²) in [6, 6.07) is 6.46. The Balaban J connectivity index is 2.58. The van der Waals surface area contributed by atoms with Gasteiger partial charge in [0.05, 0.1) is 11.1 Å². The largest absolute Gasteiger partial charge is 0.328 e. The van der Waals surface area contributed by atoms with Gasteiger partial charge in [-0.25, -0.2) is 0 Å². The molecule has 1 aromatic carbocycles. The summed E-state index contributed by atoms with van der Waals surface area (Å²) in [5.74, 6) is -0.256. The fourth-order valence-corrected chi connectivity index (χ4v) is 1.60. The minimum atomic E-state index is -3.80. The number of rotatable bonds is 3. The number of nitrogens with zero attached hydrogens (tertiary/aromatic N) is 3. The van der Waals surface area contributed by atoms with Crippen molar-refractivity contribution >= 4 is 21.0 Å². The highest BCUT2D eigenvalue weighted by Gasteiger charge is 2.13. The van der Waals surface area contributed by atoms with Crippen LogP contribution in [0.1, 0.15) is 6.92 Å². The van der Waals surface area contributed by atoms with Crippen LogP contribution < -0.4 is 9.84 Å². The molecule has 0 bridgehead atoms. The van der Waals surface area contributed by atoms with Crippen LogP contribution in [0.15, 0.2) is 29.1 Å². The molecule has 7 nitrogen and oxygen atoms in total. The highest BCUT2D eigenvalue weighted by Crippen LogP contribution is 2.02. The Morgan fingerprint density at radius 2 is 2.06 bits per heavy atom. The van der Waals surface area contributed by atoms with Gasteiger partial charge < -0.3 is 0 Å². The van der Waals surface area contributed by atoms with E-state index in [1.165, 1.54) is 13.0 Å². The molecule has 1 heterocycles. The molecule has 2 rings (SSSR count). The van der Waals surface area contributed by atoms with Crippen molar-refractivity contribution in [3.8, 4) is 0 Å². The predicted molar refractivity (Wildman–Crippen MR) is 59.8 cm³/mol. The van der Waals surface area contributed by atoms with Gasteiger partial charge in [0.25, 0.3) is 0 Å². The van der Waals surface area contributed by atoms with E-state index in [-0.39, 0.29) is 11.1 Å². The molecule has 0 radical (unpaired) electrons. The number of aromatic nitrogens is 3. The molecule has 2 aromatic rings. The Labute approximate surface area is 96.7 Å². The molecule has 1 aromatic heterocycles. The number of hydrogen-bond acceptors (Lipinski definition) is 6. The van der Waals surface area contributed by atoms with Gasteiger partial charge in [-0.05, 0) is 29.1 Å². The first kappa shape index (κ1) is 11.5. The van der Waals surface area contributed by atoms with Crippen LogP contribution in [0, 0.1) is 0 Å². The Hall–Kier alpha value is -1.96. The Bertz CT molecular complexity index is 707. The maximum absolute atomic E-state index is 11.8. The Morgan fingerprint density at radius 3 is 2.76 bits per heavy atom. The lowest BCUT2D eigenvalue weighted by Crippen LogP contribution is -2.34. The predicted octanol–water partition coefficient (Wildman–Crippen LogP) is -0.430. The van der Waals surface area contributed by atoms with Gasteiger partial charge in [-0.15, -0.1) is 5.10 Å². The second-order valence-corrected chi connectivity index (χ2v) is 5.05. The van der Waals surface area contributed by atoms with Crippen molar-refractivity contribution in [2.45, 2.75) is 6.92 Å². The van der Waals surface area contributed by atoms with Crippen LogP contribution in [0.4, 0.5) is 0 Å². The van der Waals surface area contributed by atoms with Crippen LogP contribution in [0.3, 0.4) is 0 Å². The maximum atomic E-state index is 11.8. The lowest BCUT2D eigenvalue weighted by molar-refractivity contribution is 0.216. The molecule has 0 unspecified atom stereocenters. The van der Waals surface area contributed by atoms with E-state index in [4.69, 9.17) is 0 Å². The van der Waals surface area contributed by atoms with Gasteiger partial charge in [0.15, 0.2) is 0 Å². The quantitative estimate of drug-likeness (QED) is 0.739. The van der Waals surface area contributed by atoms with Crippen molar-refractivity contribution < 1.29 is 12.7 Å². The van der Waals surface area contributed by atoms with Gasteiger partial charge in [0.2, 0.25) is 0 Å². The SMILES string of the molecule is CCS(=O)(=O)On1nnc2ccccc2c1=O. The molecule has 17 heavy (non-hydrogen) atoms. The fraction of sp³-hybridized carbons (Fsp3) is 0.222. The van der Waals surface area contributed by atoms with Gasteiger partial charge in [-0.1, -0.05) is 12.1 Å². The van der Waals surface area contributed by atoms with E-state index >= 15 is 0 Å². The third-order valence-electron chi connectivity index (χ3n) is 2.08. The first-order valence-electron chi connectivity index (χ1n) is 4.81. The molecule has 0 saturated carbocycles. The highest BCUT2D eigenvalue weighted by atomic mass is 32.2. The van der Waals surface area contributed by atoms with E-state index in [2.05, 4.69) is 14.6 Å². The van der Waals surface area contributed by atoms with Crippen LogP contribution in [0.5, 0.6) is 0 Å². The second kappa shape index (κ2) is 4.13. The summed E-state index contributed by atoms with van der Waals surface area (Å²) in [6.45, 7) is 1.40. The topological polar surface area (TPSA) is 91.2 Å². The van der Waals surface area contributed by atoms with Crippen LogP contribution in [0.2, 0.25) is 0 Å². The summed E-state index contributed by atoms with van der Waals surface area (Å²) < 4.78 is 26.9. The lowest BCUT2D eigenvalue weighted by atomic mass is 10.2. The first-order chi connectivity index (χ1) is 8.03. The number of fused-ring (bicyclic) bond motifs is 1. The van der Waals surface area contributed by atoms with E-state index in [1.807, 2.05) is 0 Å². The standard InChI is InChI=1S/C9H9N3O4S/c1-2-17(14,15)16-12-9(13)7-5-3-4-6-8(7)10-11-12/h3-6H,2H2,1H3. The van der Waals surface area contributed by atoms with Crippen molar-refractivity contribution in [3.63, 3.8) is 0 Å². The van der Waals surface area contributed by atoms with E-state index in [0.29, 0.717) is 10.4 Å². The zero-order valence-corrected chi connectivity index (χ0v) is 9.72. The summed E-state index contributed by atoms with van der Waals surface area (Å²) in [5, 5.41) is 7.32. The van der Waals surface area contributed by atoms with Gasteiger partial charge in [0, 0.05) is 0 Å². The fourth-order valence-electron chi connectivity index (χ4n) is 1.18. The third-order valence-corrected chi connectivity index (χ3v) is 3.16. The Morgan fingerprint density at radius 1 is 1.35 bits per heavy atom. The van der Waals surface area contributed by atoms with Gasteiger partial charge in [-0.2, -0.15) is 8.42 Å². The molecule has 0 aliphatic rings. The van der Waals surface area contributed by atoms with Crippen molar-refractivity contribution in [1.29, 1.82) is 0 Å². The molecule has 0 atom stereocenters. The molecular weight excluding hydrogens is 246 g/mol. The molecule has 0 aliphatic carbocycles. The van der Waals surface area contributed by atoms with Gasteiger partial charge in [0.1, 0.15) is 5.52 Å². The summed E-state index contributed by atoms with van der Waals surface area (Å²) in [5.41, 5.74) is -0.279. The number of hydrogen-bond donors (Lipinski definition) is 0. The molecule has 0 spiro atoms. The molecule has 8 heteroatoms. The molecule has 0 N–H and O–H groups in total. The molecule has 0 saturated heterocycles. The zero-order chi connectivity index (χ0) is 12.5. The molecule has 0 aliphatic heterocycles. The monoisotopic (exact) mass is 255 g/mol. The summed E-state index contributed by atoms with van der Waals surface area (Å²) in [4.78, 5) is 12.2. The van der Waals surface area contributed by atoms with Crippen molar-refractivity contribution in [2.24, 2.45) is 0 Å². The minimum absolute atomic E-state index is 0.244. The van der Waals surface area contributed by atoms with Crippen molar-refractivity contribution in [3.05, 3.63) is 34.6 Å². The van der Waals surface area contributed by atoms with Gasteiger partial charge in [-0.3, -0.25) is 9.08 Å². The van der Waals surface area contributed by atoms with Crippen LogP contribution >= 0.6 is 0 Å². The zero-order valence-electron chi connectivity index (χ0n) is 8.90. The molecule has 0 amide bonds. The normalized spacial score (nSPS) is 11.6. The average molecular weight is 255 g/mol. The van der Waals surface area contributed by atoms with Crippen molar-refractivity contribution in [1.82, 2.24) is 15.2 Å². The van der Waals surface area contributed by atoms with Crippen LogP contribution in [-0.4, -0.2) is 29.3 Å². The summed E-state index contributed by atoms with van der Waals surface area (Å²) >= 11 is 0. The maximum Gasteiger partial charge on any atom is 0.328 e. The van der Waals surface area contributed by atoms with Crippen LogP contribution in [-0.2, 0) is 10.1 Å². The lowest BCUT2D eigenvalue weighted by Gasteiger charge is -2.04. The van der Waals surface area contributed by atoms with Gasteiger partial charge >= 0.3 is 15.7 Å². The van der Waals surface area contributed by atoms with E-state index in [0.717, 1.165) is 0 Å². The first-order valence-corrected chi connectivity index (χ1v) is 6.38. The summed E-state index contributed by atoms with van der Waals surface area (Å²) in [7, 11) is -3.80. The molecule has 0 fully saturated rings. The highest BCUT2D eigenvalue weighted by molar-refractivity contribution is 7.86. The smallest absolute Gasteiger partial charge is 0.264 e. The summed E-state index contributed by atoms with van der Waals surface area (Å²) in [6.07, 6.45) is 0. The van der Waals surface area contributed by atoms with Crippen molar-refractivity contribution in [2.75, 3.05) is 5.75 Å². The molecular formula is C9H9N3O4S. The number of benzene rings is 1. The molecule has 90 valence electrons. The van der Waals surface area contributed by atoms with E-state index < -0.39 is 15.7 Å². The second-order valence-electron chi connectivity index (χ2n) is 3.21. The Kier molecular flexibility index (Phi) is 2.80.